The molecule has 0 atom stereocenters. The van der Waals surface area contributed by atoms with Gasteiger partial charge in [-0.3, -0.25) is 24.2 Å². The first-order valence-electron chi connectivity index (χ1n) is 9.49. The van der Waals surface area contributed by atoms with Gasteiger partial charge in [0.05, 0.1) is 41.8 Å². The van der Waals surface area contributed by atoms with Gasteiger partial charge >= 0.3 is 0 Å². The summed E-state index contributed by atoms with van der Waals surface area (Å²) in [4.78, 5) is 30.3. The number of piperazine rings is 1. The Hall–Kier alpha value is -2.84. The molecular formula is C20H24N6O2. The quantitative estimate of drug-likeness (QED) is 0.701. The molecule has 1 saturated heterocycles. The van der Waals surface area contributed by atoms with Gasteiger partial charge in [-0.1, -0.05) is 0 Å². The number of hydrogen-bond acceptors (Lipinski definition) is 7. The van der Waals surface area contributed by atoms with Crippen molar-refractivity contribution in [3.8, 4) is 0 Å². The van der Waals surface area contributed by atoms with Crippen LogP contribution in [0.3, 0.4) is 0 Å². The van der Waals surface area contributed by atoms with Gasteiger partial charge in [0, 0.05) is 50.8 Å². The van der Waals surface area contributed by atoms with Gasteiger partial charge in [-0.2, -0.15) is 0 Å². The molecule has 0 bridgehead atoms. The van der Waals surface area contributed by atoms with Crippen LogP contribution in [-0.2, 0) is 13.1 Å². The summed E-state index contributed by atoms with van der Waals surface area (Å²) < 4.78 is 1.44. The molecule has 1 aliphatic heterocycles. The molecule has 3 heterocycles. The first kappa shape index (κ1) is 18.5. The Kier molecular flexibility index (Phi) is 5.31. The Morgan fingerprint density at radius 2 is 1.96 bits per heavy atom. The first-order chi connectivity index (χ1) is 13.6. The highest BCUT2D eigenvalue weighted by Crippen LogP contribution is 2.21. The molecule has 28 heavy (non-hydrogen) atoms. The molecule has 1 aliphatic rings. The van der Waals surface area contributed by atoms with Crippen LogP contribution in [0.2, 0.25) is 0 Å². The second kappa shape index (κ2) is 8.04. The second-order valence-corrected chi connectivity index (χ2v) is 7.08. The van der Waals surface area contributed by atoms with Crippen LogP contribution in [0.4, 0.5) is 5.69 Å². The van der Waals surface area contributed by atoms with Crippen molar-refractivity contribution in [1.82, 2.24) is 24.4 Å². The van der Waals surface area contributed by atoms with Crippen molar-refractivity contribution >= 4 is 16.6 Å². The first-order valence-corrected chi connectivity index (χ1v) is 9.49. The van der Waals surface area contributed by atoms with Crippen LogP contribution in [0.5, 0.6) is 0 Å². The molecule has 2 aromatic heterocycles. The lowest BCUT2D eigenvalue weighted by Crippen LogP contribution is -2.46. The van der Waals surface area contributed by atoms with E-state index in [2.05, 4.69) is 24.8 Å². The number of aliphatic hydroxyl groups excluding tert-OH is 1. The van der Waals surface area contributed by atoms with E-state index in [1.807, 2.05) is 31.3 Å². The fraction of sp³-hybridized carbons (Fsp3) is 0.400. The molecule has 1 aromatic carbocycles. The SMILES string of the molecule is Cc1cncc(CN2CCN(c3ccc4c(=O)n(CCO)cnc4c3)CC2)n1. The van der Waals surface area contributed by atoms with Crippen molar-refractivity contribution in [2.45, 2.75) is 20.0 Å². The highest BCUT2D eigenvalue weighted by molar-refractivity contribution is 5.81. The van der Waals surface area contributed by atoms with Crippen molar-refractivity contribution in [2.24, 2.45) is 0 Å². The van der Waals surface area contributed by atoms with E-state index >= 15 is 0 Å². The van der Waals surface area contributed by atoms with Crippen LogP contribution in [0, 0.1) is 6.92 Å². The summed E-state index contributed by atoms with van der Waals surface area (Å²) in [7, 11) is 0. The van der Waals surface area contributed by atoms with Crippen LogP contribution in [0.25, 0.3) is 10.9 Å². The number of aliphatic hydroxyl groups is 1. The average molecular weight is 380 g/mol. The van der Waals surface area contributed by atoms with Gasteiger partial charge in [0.1, 0.15) is 0 Å². The lowest BCUT2D eigenvalue weighted by atomic mass is 10.2. The molecule has 8 nitrogen and oxygen atoms in total. The Bertz CT molecular complexity index is 1030. The number of nitrogens with zero attached hydrogens (tertiary/aromatic N) is 6. The van der Waals surface area contributed by atoms with Gasteiger partial charge in [0.25, 0.3) is 5.56 Å². The third kappa shape index (κ3) is 3.88. The van der Waals surface area contributed by atoms with Crippen LogP contribution in [-0.4, -0.2) is 62.3 Å². The van der Waals surface area contributed by atoms with Crippen molar-refractivity contribution in [3.63, 3.8) is 0 Å². The predicted molar refractivity (Wildman–Crippen MR) is 107 cm³/mol. The number of anilines is 1. The van der Waals surface area contributed by atoms with E-state index < -0.39 is 0 Å². The summed E-state index contributed by atoms with van der Waals surface area (Å²) in [6.07, 6.45) is 5.11. The maximum absolute atomic E-state index is 12.4. The second-order valence-electron chi connectivity index (χ2n) is 7.08. The molecule has 0 radical (unpaired) electrons. The monoisotopic (exact) mass is 380 g/mol. The van der Waals surface area contributed by atoms with Gasteiger partial charge in [0.15, 0.2) is 0 Å². The summed E-state index contributed by atoms with van der Waals surface area (Å²) in [6, 6.07) is 5.79. The average Bonchev–Trinajstić information content (AvgIpc) is 2.71. The molecule has 0 amide bonds. The zero-order chi connectivity index (χ0) is 19.5. The highest BCUT2D eigenvalue weighted by atomic mass is 16.3. The molecule has 4 rings (SSSR count). The van der Waals surface area contributed by atoms with Crippen LogP contribution in [0.15, 0.2) is 41.7 Å². The maximum Gasteiger partial charge on any atom is 0.261 e. The Balaban J connectivity index is 1.45. The summed E-state index contributed by atoms with van der Waals surface area (Å²) >= 11 is 0. The molecule has 146 valence electrons. The number of benzene rings is 1. The van der Waals surface area contributed by atoms with Gasteiger partial charge in [-0.25, -0.2) is 4.98 Å². The largest absolute Gasteiger partial charge is 0.395 e. The molecule has 1 fully saturated rings. The van der Waals surface area contributed by atoms with E-state index in [1.165, 1.54) is 10.9 Å². The fourth-order valence-corrected chi connectivity index (χ4v) is 3.60. The maximum atomic E-state index is 12.4. The Morgan fingerprint density at radius 3 is 2.71 bits per heavy atom. The molecule has 0 spiro atoms. The van der Waals surface area contributed by atoms with Gasteiger partial charge in [-0.15, -0.1) is 0 Å². The lowest BCUT2D eigenvalue weighted by molar-refractivity contribution is 0.246. The van der Waals surface area contributed by atoms with Gasteiger partial charge in [0.2, 0.25) is 0 Å². The molecule has 0 unspecified atom stereocenters. The van der Waals surface area contributed by atoms with Crippen molar-refractivity contribution < 1.29 is 5.11 Å². The van der Waals surface area contributed by atoms with E-state index in [0.29, 0.717) is 10.9 Å². The van der Waals surface area contributed by atoms with E-state index in [9.17, 15) is 4.79 Å². The van der Waals surface area contributed by atoms with E-state index in [4.69, 9.17) is 5.11 Å². The Labute approximate surface area is 163 Å². The summed E-state index contributed by atoms with van der Waals surface area (Å²) in [6.45, 7) is 6.66. The summed E-state index contributed by atoms with van der Waals surface area (Å²) in [5.74, 6) is 0. The van der Waals surface area contributed by atoms with E-state index in [-0.39, 0.29) is 18.7 Å². The van der Waals surface area contributed by atoms with Crippen LogP contribution < -0.4 is 10.5 Å². The minimum absolute atomic E-state index is 0.0798. The van der Waals surface area contributed by atoms with Crippen molar-refractivity contribution in [2.75, 3.05) is 37.7 Å². The van der Waals surface area contributed by atoms with Crippen molar-refractivity contribution in [1.29, 1.82) is 0 Å². The zero-order valence-corrected chi connectivity index (χ0v) is 16.0. The molecule has 8 heteroatoms. The van der Waals surface area contributed by atoms with E-state index in [0.717, 1.165) is 49.8 Å². The molecule has 0 saturated carbocycles. The summed E-state index contributed by atoms with van der Waals surface area (Å²) in [5.41, 5.74) is 3.60. The Morgan fingerprint density at radius 1 is 1.14 bits per heavy atom. The fourth-order valence-electron chi connectivity index (χ4n) is 3.60. The third-order valence-corrected chi connectivity index (χ3v) is 5.08. The van der Waals surface area contributed by atoms with Crippen LogP contribution >= 0.6 is 0 Å². The molecule has 1 N–H and O–H groups in total. The number of fused-ring (bicyclic) bond motifs is 1. The predicted octanol–water partition coefficient (Wildman–Crippen LogP) is 0.809. The number of aryl methyl sites for hydroxylation is 1. The van der Waals surface area contributed by atoms with E-state index in [1.54, 1.807) is 6.20 Å². The smallest absolute Gasteiger partial charge is 0.261 e. The zero-order valence-electron chi connectivity index (χ0n) is 16.0. The minimum Gasteiger partial charge on any atom is -0.395 e. The molecular weight excluding hydrogens is 356 g/mol. The van der Waals surface area contributed by atoms with Crippen LogP contribution in [0.1, 0.15) is 11.4 Å². The third-order valence-electron chi connectivity index (χ3n) is 5.08. The standard InChI is InChI=1S/C20H24N6O2/c1-15-11-21-12-16(23-15)13-24-4-6-25(7-5-24)17-2-3-18-19(10-17)22-14-26(8-9-27)20(18)28/h2-3,10-12,14,27H,4-9,13H2,1H3. The highest BCUT2D eigenvalue weighted by Gasteiger charge is 2.18. The lowest BCUT2D eigenvalue weighted by Gasteiger charge is -2.36. The molecule has 3 aromatic rings. The number of rotatable bonds is 5. The topological polar surface area (TPSA) is 87.4 Å². The van der Waals surface area contributed by atoms with Gasteiger partial charge in [-0.05, 0) is 25.1 Å². The van der Waals surface area contributed by atoms with Gasteiger partial charge < -0.3 is 10.0 Å². The molecule has 0 aliphatic carbocycles. The summed E-state index contributed by atoms with van der Waals surface area (Å²) in [5, 5.41) is 9.63. The van der Waals surface area contributed by atoms with Crippen molar-refractivity contribution in [3.05, 3.63) is 58.7 Å². The number of aromatic nitrogens is 4. The number of hydrogen-bond donors (Lipinski definition) is 1. The minimum atomic E-state index is -0.116. The normalized spacial score (nSPS) is 15.3.